The second-order valence-electron chi connectivity index (χ2n) is 4.91. The van der Waals surface area contributed by atoms with Crippen molar-refractivity contribution in [2.75, 3.05) is 19.8 Å². The van der Waals surface area contributed by atoms with Gasteiger partial charge in [-0.3, -0.25) is 0 Å². The van der Waals surface area contributed by atoms with Gasteiger partial charge in [-0.2, -0.15) is 0 Å². The average molecular weight is 251 g/mol. The Balaban J connectivity index is 1.90. The van der Waals surface area contributed by atoms with Crippen LogP contribution < -0.4 is 5.32 Å². The van der Waals surface area contributed by atoms with E-state index in [0.717, 1.165) is 26.3 Å². The molecule has 0 atom stereocenters. The van der Waals surface area contributed by atoms with Crippen LogP contribution in [0.4, 0.5) is 0 Å². The minimum Gasteiger partial charge on any atom is -0.379 e. The largest absolute Gasteiger partial charge is 0.379 e. The summed E-state index contributed by atoms with van der Waals surface area (Å²) in [5.74, 6) is 0.704. The minimum absolute atomic E-state index is 0.654. The molecule has 0 spiro atoms. The fourth-order valence-corrected chi connectivity index (χ4v) is 2.86. The maximum atomic E-state index is 5.22. The lowest BCUT2D eigenvalue weighted by atomic mass is 10.2. The van der Waals surface area contributed by atoms with Crippen LogP contribution >= 0.6 is 11.8 Å². The average Bonchev–Trinajstić information content (AvgIpc) is 2.25. The van der Waals surface area contributed by atoms with Crippen molar-refractivity contribution in [2.45, 2.75) is 30.5 Å². The van der Waals surface area contributed by atoms with Crippen molar-refractivity contribution in [2.24, 2.45) is 5.92 Å². The molecule has 2 nitrogen and oxygen atoms in total. The van der Waals surface area contributed by atoms with Crippen molar-refractivity contribution >= 4 is 11.8 Å². The lowest BCUT2D eigenvalue weighted by Crippen LogP contribution is -2.30. The summed E-state index contributed by atoms with van der Waals surface area (Å²) in [6.45, 7) is 8.32. The molecule has 1 aliphatic heterocycles. The molecule has 3 heteroatoms. The van der Waals surface area contributed by atoms with Crippen molar-refractivity contribution in [3.8, 4) is 0 Å². The van der Waals surface area contributed by atoms with Crippen molar-refractivity contribution in [1.29, 1.82) is 0 Å². The highest BCUT2D eigenvalue weighted by molar-refractivity contribution is 8.00. The van der Waals surface area contributed by atoms with Gasteiger partial charge in [0.2, 0.25) is 0 Å². The summed E-state index contributed by atoms with van der Waals surface area (Å²) in [5, 5.41) is 4.16. The minimum atomic E-state index is 0.654. The predicted molar refractivity (Wildman–Crippen MR) is 73.5 cm³/mol. The van der Waals surface area contributed by atoms with E-state index in [1.807, 2.05) is 11.8 Å². The highest BCUT2D eigenvalue weighted by Crippen LogP contribution is 2.30. The van der Waals surface area contributed by atoms with Crippen LogP contribution in [0.2, 0.25) is 0 Å². The molecule has 2 rings (SSSR count). The predicted octanol–water partition coefficient (Wildman–Crippen LogP) is 2.92. The van der Waals surface area contributed by atoms with Gasteiger partial charge in [-0.05, 0) is 24.1 Å². The Morgan fingerprint density at radius 3 is 2.76 bits per heavy atom. The number of thioether (sulfide) groups is 1. The van der Waals surface area contributed by atoms with E-state index in [-0.39, 0.29) is 0 Å². The molecule has 0 aliphatic carbocycles. The molecule has 0 radical (unpaired) electrons. The molecule has 0 bridgehead atoms. The number of hydrogen-bond donors (Lipinski definition) is 1. The fraction of sp³-hybridized carbons (Fsp3) is 0.571. The summed E-state index contributed by atoms with van der Waals surface area (Å²) in [6.07, 6.45) is 0. The van der Waals surface area contributed by atoms with Gasteiger partial charge in [-0.1, -0.05) is 32.0 Å². The van der Waals surface area contributed by atoms with Crippen LogP contribution in [0.3, 0.4) is 0 Å². The summed E-state index contributed by atoms with van der Waals surface area (Å²) < 4.78 is 5.22. The van der Waals surface area contributed by atoms with Gasteiger partial charge < -0.3 is 10.1 Å². The molecule has 94 valence electrons. The summed E-state index contributed by atoms with van der Waals surface area (Å²) in [7, 11) is 0. The van der Waals surface area contributed by atoms with Crippen molar-refractivity contribution < 1.29 is 4.74 Å². The van der Waals surface area contributed by atoms with Gasteiger partial charge in [-0.25, -0.2) is 0 Å². The third-order valence-corrected chi connectivity index (χ3v) is 4.00. The van der Waals surface area contributed by atoms with Crippen molar-refractivity contribution in [3.63, 3.8) is 0 Å². The van der Waals surface area contributed by atoms with E-state index in [0.29, 0.717) is 11.2 Å². The number of hydrogen-bond acceptors (Lipinski definition) is 3. The van der Waals surface area contributed by atoms with Gasteiger partial charge in [0, 0.05) is 11.4 Å². The van der Waals surface area contributed by atoms with Crippen molar-refractivity contribution in [1.82, 2.24) is 5.32 Å². The summed E-state index contributed by atoms with van der Waals surface area (Å²) in [5.41, 5.74) is 1.41. The molecule has 1 N–H and O–H groups in total. The lowest BCUT2D eigenvalue weighted by Gasteiger charge is -2.26. The Morgan fingerprint density at radius 1 is 1.35 bits per heavy atom. The monoisotopic (exact) mass is 251 g/mol. The van der Waals surface area contributed by atoms with E-state index >= 15 is 0 Å². The molecule has 1 saturated heterocycles. The second-order valence-corrected chi connectivity index (χ2v) is 6.25. The normalized spacial score (nSPS) is 16.2. The smallest absolute Gasteiger partial charge is 0.0611 e. The van der Waals surface area contributed by atoms with Gasteiger partial charge in [0.15, 0.2) is 0 Å². The third kappa shape index (κ3) is 4.02. The summed E-state index contributed by atoms with van der Waals surface area (Å²) in [4.78, 5) is 1.40. The van der Waals surface area contributed by atoms with Crippen LogP contribution in [0.5, 0.6) is 0 Å². The zero-order valence-electron chi connectivity index (χ0n) is 10.6. The van der Waals surface area contributed by atoms with Crippen LogP contribution in [0.1, 0.15) is 19.4 Å². The topological polar surface area (TPSA) is 21.3 Å². The number of benzene rings is 1. The van der Waals surface area contributed by atoms with E-state index in [1.165, 1.54) is 10.5 Å². The molecule has 1 fully saturated rings. The molecule has 17 heavy (non-hydrogen) atoms. The van der Waals surface area contributed by atoms with E-state index in [1.54, 1.807) is 0 Å². The van der Waals surface area contributed by atoms with Crippen LogP contribution in [0.25, 0.3) is 0 Å². The molecule has 1 aromatic rings. The molecule has 1 aliphatic rings. The SMILES string of the molecule is CC(C)CNCc1ccccc1SC1COC1. The first kappa shape index (κ1) is 12.9. The number of nitrogens with one attached hydrogen (secondary N) is 1. The highest BCUT2D eigenvalue weighted by atomic mass is 32.2. The lowest BCUT2D eigenvalue weighted by molar-refractivity contribution is 0.0455. The van der Waals surface area contributed by atoms with Crippen LogP contribution in [-0.4, -0.2) is 25.0 Å². The zero-order valence-corrected chi connectivity index (χ0v) is 11.4. The van der Waals surface area contributed by atoms with Gasteiger partial charge >= 0.3 is 0 Å². The molecule has 1 heterocycles. The zero-order chi connectivity index (χ0) is 12.1. The van der Waals surface area contributed by atoms with E-state index in [2.05, 4.69) is 43.4 Å². The van der Waals surface area contributed by atoms with Crippen LogP contribution in [0.15, 0.2) is 29.2 Å². The first-order chi connectivity index (χ1) is 8.25. The van der Waals surface area contributed by atoms with Crippen LogP contribution in [-0.2, 0) is 11.3 Å². The number of ether oxygens (including phenoxy) is 1. The summed E-state index contributed by atoms with van der Waals surface area (Å²) >= 11 is 1.95. The Kier molecular flexibility index (Phi) is 4.89. The molecule has 0 amide bonds. The Labute approximate surface area is 108 Å². The molecule has 0 aromatic heterocycles. The standard InChI is InChI=1S/C14H21NOS/c1-11(2)7-15-8-12-5-3-4-6-14(12)17-13-9-16-10-13/h3-6,11,13,15H,7-10H2,1-2H3. The molecule has 0 saturated carbocycles. The van der Waals surface area contributed by atoms with E-state index in [4.69, 9.17) is 4.74 Å². The summed E-state index contributed by atoms with van der Waals surface area (Å²) in [6, 6.07) is 8.67. The Morgan fingerprint density at radius 2 is 2.12 bits per heavy atom. The Bertz CT molecular complexity index is 350. The second kappa shape index (κ2) is 6.43. The van der Waals surface area contributed by atoms with Crippen molar-refractivity contribution in [3.05, 3.63) is 29.8 Å². The maximum absolute atomic E-state index is 5.22. The first-order valence-electron chi connectivity index (χ1n) is 6.28. The molecular formula is C14H21NOS. The molecular weight excluding hydrogens is 230 g/mol. The Hall–Kier alpha value is -0.510. The quantitative estimate of drug-likeness (QED) is 0.840. The highest BCUT2D eigenvalue weighted by Gasteiger charge is 2.20. The fourth-order valence-electron chi connectivity index (χ4n) is 1.72. The molecule has 0 unspecified atom stereocenters. The van der Waals surface area contributed by atoms with E-state index in [9.17, 15) is 0 Å². The van der Waals surface area contributed by atoms with Gasteiger partial charge in [0.25, 0.3) is 0 Å². The van der Waals surface area contributed by atoms with Gasteiger partial charge in [0.1, 0.15) is 0 Å². The first-order valence-corrected chi connectivity index (χ1v) is 7.16. The molecule has 1 aromatic carbocycles. The maximum Gasteiger partial charge on any atom is 0.0611 e. The van der Waals surface area contributed by atoms with Gasteiger partial charge in [-0.15, -0.1) is 11.8 Å². The third-order valence-electron chi connectivity index (χ3n) is 2.74. The van der Waals surface area contributed by atoms with Crippen LogP contribution in [0, 0.1) is 5.92 Å². The van der Waals surface area contributed by atoms with Gasteiger partial charge in [0.05, 0.1) is 18.5 Å². The number of rotatable bonds is 6. The van der Waals surface area contributed by atoms with E-state index < -0.39 is 0 Å².